The first-order chi connectivity index (χ1) is 9.65. The van der Waals surface area contributed by atoms with E-state index in [1.165, 1.54) is 12.1 Å². The molecule has 0 saturated carbocycles. The molecule has 0 aliphatic rings. The summed E-state index contributed by atoms with van der Waals surface area (Å²) in [5.41, 5.74) is 0.149. The Balaban J connectivity index is 3.01. The molecule has 1 rings (SSSR count). The Bertz CT molecular complexity index is 565. The smallest absolute Gasteiger partial charge is 0.335 e. The average molecular weight is 355 g/mol. The van der Waals surface area contributed by atoms with Crippen LogP contribution in [-0.2, 0) is 0 Å². The molecule has 0 spiro atoms. The van der Waals surface area contributed by atoms with Crippen molar-refractivity contribution in [3.63, 3.8) is 0 Å². The number of nitrogens with zero attached hydrogens (tertiary/aromatic N) is 1. The Kier molecular flexibility index (Phi) is 5.54. The predicted octanol–water partition coefficient (Wildman–Crippen LogP) is 3.97. The number of amides is 2. The van der Waals surface area contributed by atoms with Crippen LogP contribution < -0.4 is 5.32 Å². The van der Waals surface area contributed by atoms with E-state index in [9.17, 15) is 9.59 Å². The standard InChI is InChI=1S/C15H19BrN2O3/c1-5-6-18(15(2,3)4)14(21)17-12-8-10(13(19)20)7-11(16)9-12/h5,7-9H,1,6H2,2-4H3,(H,17,21)(H,19,20). The van der Waals surface area contributed by atoms with E-state index in [1.807, 2.05) is 20.8 Å². The summed E-state index contributed by atoms with van der Waals surface area (Å²) >= 11 is 3.23. The number of carboxylic acids is 1. The summed E-state index contributed by atoms with van der Waals surface area (Å²) in [4.78, 5) is 25.0. The Morgan fingerprint density at radius 3 is 2.48 bits per heavy atom. The minimum Gasteiger partial charge on any atom is -0.478 e. The van der Waals surface area contributed by atoms with Crippen LogP contribution in [0.2, 0.25) is 0 Å². The topological polar surface area (TPSA) is 69.6 Å². The van der Waals surface area contributed by atoms with Crippen LogP contribution in [0, 0.1) is 0 Å². The first kappa shape index (κ1) is 17.2. The molecule has 0 bridgehead atoms. The molecule has 0 saturated heterocycles. The van der Waals surface area contributed by atoms with E-state index >= 15 is 0 Å². The molecule has 6 heteroatoms. The highest BCUT2D eigenvalue weighted by Crippen LogP contribution is 2.21. The zero-order chi connectivity index (χ0) is 16.2. The molecule has 2 N–H and O–H groups in total. The van der Waals surface area contributed by atoms with Crippen molar-refractivity contribution in [1.82, 2.24) is 4.90 Å². The molecule has 0 aliphatic heterocycles. The van der Waals surface area contributed by atoms with Crippen molar-refractivity contribution in [3.05, 3.63) is 40.9 Å². The minimum atomic E-state index is -1.05. The molecule has 1 aromatic rings. The molecule has 2 amide bonds. The maximum Gasteiger partial charge on any atom is 0.335 e. The molecule has 1 aromatic carbocycles. The Labute approximate surface area is 132 Å². The Hall–Kier alpha value is -1.82. The van der Waals surface area contributed by atoms with Crippen molar-refractivity contribution < 1.29 is 14.7 Å². The van der Waals surface area contributed by atoms with E-state index in [1.54, 1.807) is 17.0 Å². The van der Waals surface area contributed by atoms with Gasteiger partial charge in [-0.05, 0) is 39.0 Å². The van der Waals surface area contributed by atoms with Gasteiger partial charge in [-0.1, -0.05) is 22.0 Å². The number of nitrogens with one attached hydrogen (secondary N) is 1. The molecule has 0 radical (unpaired) electrons. The molecule has 0 atom stereocenters. The van der Waals surface area contributed by atoms with E-state index in [-0.39, 0.29) is 17.1 Å². The number of rotatable bonds is 4. The number of hydrogen-bond donors (Lipinski definition) is 2. The average Bonchev–Trinajstić information content (AvgIpc) is 2.33. The first-order valence-corrected chi connectivity index (χ1v) is 7.18. The van der Waals surface area contributed by atoms with Crippen molar-refractivity contribution in [1.29, 1.82) is 0 Å². The molecular weight excluding hydrogens is 336 g/mol. The number of aromatic carboxylic acids is 1. The fraction of sp³-hybridized carbons (Fsp3) is 0.333. The first-order valence-electron chi connectivity index (χ1n) is 6.38. The molecule has 21 heavy (non-hydrogen) atoms. The monoisotopic (exact) mass is 354 g/mol. The number of urea groups is 1. The van der Waals surface area contributed by atoms with Crippen LogP contribution in [-0.4, -0.2) is 34.1 Å². The van der Waals surface area contributed by atoms with E-state index < -0.39 is 5.97 Å². The third-order valence-corrected chi connectivity index (χ3v) is 3.22. The summed E-state index contributed by atoms with van der Waals surface area (Å²) in [6.45, 7) is 9.79. The lowest BCUT2D eigenvalue weighted by Crippen LogP contribution is -2.47. The second-order valence-corrected chi connectivity index (χ2v) is 6.45. The SMILES string of the molecule is C=CCN(C(=O)Nc1cc(Br)cc(C(=O)O)c1)C(C)(C)C. The van der Waals surface area contributed by atoms with Gasteiger partial charge in [0.25, 0.3) is 0 Å². The van der Waals surface area contributed by atoms with Crippen LogP contribution in [0.1, 0.15) is 31.1 Å². The van der Waals surface area contributed by atoms with Crippen LogP contribution in [0.25, 0.3) is 0 Å². The van der Waals surface area contributed by atoms with Crippen LogP contribution in [0.5, 0.6) is 0 Å². The predicted molar refractivity (Wildman–Crippen MR) is 86.8 cm³/mol. The molecule has 114 valence electrons. The third-order valence-electron chi connectivity index (χ3n) is 2.76. The largest absolute Gasteiger partial charge is 0.478 e. The molecule has 0 heterocycles. The second-order valence-electron chi connectivity index (χ2n) is 5.53. The van der Waals surface area contributed by atoms with Crippen molar-refractivity contribution >= 4 is 33.6 Å². The summed E-state index contributed by atoms with van der Waals surface area (Å²) in [6, 6.07) is 4.24. The summed E-state index contributed by atoms with van der Waals surface area (Å²) in [7, 11) is 0. The fourth-order valence-corrected chi connectivity index (χ4v) is 2.26. The summed E-state index contributed by atoms with van der Waals surface area (Å²) in [6.07, 6.45) is 1.65. The van der Waals surface area contributed by atoms with Gasteiger partial charge in [0.1, 0.15) is 0 Å². The lowest BCUT2D eigenvalue weighted by Gasteiger charge is -2.34. The summed E-state index contributed by atoms with van der Waals surface area (Å²) < 4.78 is 0.587. The normalized spacial score (nSPS) is 10.9. The zero-order valence-corrected chi connectivity index (χ0v) is 13.9. The van der Waals surface area contributed by atoms with E-state index in [2.05, 4.69) is 27.8 Å². The van der Waals surface area contributed by atoms with Gasteiger partial charge in [0.05, 0.1) is 5.56 Å². The van der Waals surface area contributed by atoms with Gasteiger partial charge in [0.15, 0.2) is 0 Å². The van der Waals surface area contributed by atoms with E-state index in [4.69, 9.17) is 5.11 Å². The maximum absolute atomic E-state index is 12.3. The highest BCUT2D eigenvalue weighted by molar-refractivity contribution is 9.10. The third kappa shape index (κ3) is 4.90. The van der Waals surface area contributed by atoms with E-state index in [0.717, 1.165) is 0 Å². The number of hydrogen-bond acceptors (Lipinski definition) is 2. The highest BCUT2D eigenvalue weighted by atomic mass is 79.9. The van der Waals surface area contributed by atoms with Gasteiger partial charge < -0.3 is 15.3 Å². The lowest BCUT2D eigenvalue weighted by atomic mass is 10.1. The number of carbonyl (C=O) groups is 2. The Morgan fingerprint density at radius 1 is 1.38 bits per heavy atom. The van der Waals surface area contributed by atoms with E-state index in [0.29, 0.717) is 16.7 Å². The quantitative estimate of drug-likeness (QED) is 0.803. The summed E-state index contributed by atoms with van der Waals surface area (Å²) in [5, 5.41) is 11.7. The maximum atomic E-state index is 12.3. The van der Waals surface area contributed by atoms with Gasteiger partial charge in [-0.25, -0.2) is 9.59 Å². The molecule has 0 unspecified atom stereocenters. The van der Waals surface area contributed by atoms with Crippen LogP contribution >= 0.6 is 15.9 Å². The highest BCUT2D eigenvalue weighted by Gasteiger charge is 2.25. The van der Waals surface area contributed by atoms with Crippen molar-refractivity contribution in [2.24, 2.45) is 0 Å². The van der Waals surface area contributed by atoms with Gasteiger partial charge >= 0.3 is 12.0 Å². The van der Waals surface area contributed by atoms with Crippen LogP contribution in [0.4, 0.5) is 10.5 Å². The van der Waals surface area contributed by atoms with Gasteiger partial charge in [0, 0.05) is 22.2 Å². The summed E-state index contributed by atoms with van der Waals surface area (Å²) in [5.74, 6) is -1.05. The van der Waals surface area contributed by atoms with Crippen molar-refractivity contribution in [2.75, 3.05) is 11.9 Å². The molecule has 0 aromatic heterocycles. The fourth-order valence-electron chi connectivity index (χ4n) is 1.77. The molecule has 0 fully saturated rings. The lowest BCUT2D eigenvalue weighted by molar-refractivity contribution is 0.0696. The molecule has 5 nitrogen and oxygen atoms in total. The Morgan fingerprint density at radius 2 is 2.00 bits per heavy atom. The zero-order valence-electron chi connectivity index (χ0n) is 12.3. The van der Waals surface area contributed by atoms with Crippen LogP contribution in [0.3, 0.4) is 0 Å². The van der Waals surface area contributed by atoms with Gasteiger partial charge in [-0.15, -0.1) is 6.58 Å². The van der Waals surface area contributed by atoms with Gasteiger partial charge in [-0.2, -0.15) is 0 Å². The van der Waals surface area contributed by atoms with Crippen molar-refractivity contribution in [3.8, 4) is 0 Å². The number of carbonyl (C=O) groups excluding carboxylic acids is 1. The second kappa shape index (κ2) is 6.76. The minimum absolute atomic E-state index is 0.103. The number of benzene rings is 1. The van der Waals surface area contributed by atoms with Gasteiger partial charge in [0.2, 0.25) is 0 Å². The number of carboxylic acid groups (broad SMARTS) is 1. The number of halogens is 1. The van der Waals surface area contributed by atoms with Crippen LogP contribution in [0.15, 0.2) is 35.3 Å². The molecular formula is C15H19BrN2O3. The van der Waals surface area contributed by atoms with Gasteiger partial charge in [-0.3, -0.25) is 0 Å². The number of anilines is 1. The van der Waals surface area contributed by atoms with Crippen molar-refractivity contribution in [2.45, 2.75) is 26.3 Å². The molecule has 0 aliphatic carbocycles.